The maximum atomic E-state index is 11.5. The molecular formula is C29H56O13. The van der Waals surface area contributed by atoms with Crippen LogP contribution in [0.25, 0.3) is 0 Å². The van der Waals surface area contributed by atoms with Gasteiger partial charge in [-0.25, -0.2) is 0 Å². The van der Waals surface area contributed by atoms with Crippen molar-refractivity contribution in [3.8, 4) is 0 Å². The predicted octanol–water partition coefficient (Wildman–Crippen LogP) is 2.21. The highest BCUT2D eigenvalue weighted by molar-refractivity contribution is 5.69. The van der Waals surface area contributed by atoms with Gasteiger partial charge >= 0.3 is 11.9 Å². The summed E-state index contributed by atoms with van der Waals surface area (Å²) >= 11 is 0. The third-order valence-corrected chi connectivity index (χ3v) is 5.23. The van der Waals surface area contributed by atoms with Gasteiger partial charge in [0.15, 0.2) is 0 Å². The molecule has 13 heteroatoms. The van der Waals surface area contributed by atoms with Gasteiger partial charge in [-0.05, 0) is 6.42 Å². The standard InChI is InChI=1S/C29H56O13/c1-3-4-5-6-7-29(31)42-27-25-40-23-21-38-19-17-36-15-13-34-11-9-32-8-10-33-12-14-35-16-18-37-20-22-39-24-26-41-28(2)30/h3-27H2,1-2H3. The van der Waals surface area contributed by atoms with E-state index in [9.17, 15) is 9.59 Å². The summed E-state index contributed by atoms with van der Waals surface area (Å²) in [5, 5.41) is 0. The molecule has 0 aromatic carbocycles. The smallest absolute Gasteiger partial charge is 0.305 e. The summed E-state index contributed by atoms with van der Waals surface area (Å²) in [6.45, 7) is 12.5. The fraction of sp³-hybridized carbons (Fsp3) is 0.931. The van der Waals surface area contributed by atoms with E-state index >= 15 is 0 Å². The van der Waals surface area contributed by atoms with E-state index in [2.05, 4.69) is 6.92 Å². The lowest BCUT2D eigenvalue weighted by Crippen LogP contribution is -2.15. The molecule has 0 amide bonds. The predicted molar refractivity (Wildman–Crippen MR) is 154 cm³/mol. The molecule has 0 atom stereocenters. The lowest BCUT2D eigenvalue weighted by molar-refractivity contribution is -0.145. The molecule has 0 radical (unpaired) electrons. The third kappa shape index (κ3) is 36.6. The molecular weight excluding hydrogens is 556 g/mol. The Morgan fingerprint density at radius 1 is 0.381 bits per heavy atom. The van der Waals surface area contributed by atoms with Gasteiger partial charge in [0.25, 0.3) is 0 Å². The van der Waals surface area contributed by atoms with Gasteiger partial charge in [0.05, 0.1) is 119 Å². The maximum Gasteiger partial charge on any atom is 0.305 e. The van der Waals surface area contributed by atoms with Crippen LogP contribution in [-0.4, -0.2) is 144 Å². The second-order valence-electron chi connectivity index (χ2n) is 8.88. The van der Waals surface area contributed by atoms with Crippen LogP contribution in [0.1, 0.15) is 46.0 Å². The van der Waals surface area contributed by atoms with Crippen LogP contribution in [0.15, 0.2) is 0 Å². The molecule has 0 aliphatic rings. The number of rotatable bonds is 35. The molecule has 0 spiro atoms. The molecule has 0 bridgehead atoms. The van der Waals surface area contributed by atoms with Crippen molar-refractivity contribution in [2.45, 2.75) is 46.0 Å². The van der Waals surface area contributed by atoms with Gasteiger partial charge < -0.3 is 52.1 Å². The van der Waals surface area contributed by atoms with Gasteiger partial charge in [-0.15, -0.1) is 0 Å². The van der Waals surface area contributed by atoms with Gasteiger partial charge in [-0.3, -0.25) is 9.59 Å². The molecule has 0 saturated carbocycles. The van der Waals surface area contributed by atoms with Gasteiger partial charge in [-0.2, -0.15) is 0 Å². The van der Waals surface area contributed by atoms with Crippen LogP contribution in [0.3, 0.4) is 0 Å². The summed E-state index contributed by atoms with van der Waals surface area (Å²) in [6, 6.07) is 0. The normalized spacial score (nSPS) is 11.2. The Hall–Kier alpha value is -1.42. The van der Waals surface area contributed by atoms with Crippen LogP contribution in [0.4, 0.5) is 0 Å². The Labute approximate surface area is 252 Å². The number of hydrogen-bond donors (Lipinski definition) is 0. The molecule has 0 aromatic heterocycles. The zero-order chi connectivity index (χ0) is 30.6. The zero-order valence-electron chi connectivity index (χ0n) is 26.0. The molecule has 0 N–H and O–H groups in total. The van der Waals surface area contributed by atoms with Crippen LogP contribution in [0.5, 0.6) is 0 Å². The van der Waals surface area contributed by atoms with Crippen molar-refractivity contribution >= 4 is 11.9 Å². The van der Waals surface area contributed by atoms with Gasteiger partial charge in [-0.1, -0.05) is 26.2 Å². The SMILES string of the molecule is CCCCCCC(=O)OCCOCCOCCOCCOCCOCCOCCOCCOCCOCCOC(C)=O. The van der Waals surface area contributed by atoms with E-state index in [1.807, 2.05) is 0 Å². The van der Waals surface area contributed by atoms with E-state index in [1.165, 1.54) is 6.92 Å². The lowest BCUT2D eigenvalue weighted by Gasteiger charge is -2.09. The first-order chi connectivity index (χ1) is 20.7. The van der Waals surface area contributed by atoms with Crippen LogP contribution < -0.4 is 0 Å². The molecule has 0 aliphatic heterocycles. The number of hydrogen-bond acceptors (Lipinski definition) is 13. The molecule has 0 aliphatic carbocycles. The van der Waals surface area contributed by atoms with Gasteiger partial charge in [0, 0.05) is 13.3 Å². The fourth-order valence-corrected chi connectivity index (χ4v) is 3.09. The fourth-order valence-electron chi connectivity index (χ4n) is 3.09. The van der Waals surface area contributed by atoms with Crippen molar-refractivity contribution in [3.05, 3.63) is 0 Å². The quantitative estimate of drug-likeness (QED) is 0.0765. The molecule has 0 rings (SSSR count). The van der Waals surface area contributed by atoms with Crippen LogP contribution in [0, 0.1) is 0 Å². The van der Waals surface area contributed by atoms with Crippen LogP contribution in [0.2, 0.25) is 0 Å². The van der Waals surface area contributed by atoms with Gasteiger partial charge in [0.1, 0.15) is 13.2 Å². The van der Waals surface area contributed by atoms with Crippen molar-refractivity contribution in [1.29, 1.82) is 0 Å². The molecule has 13 nitrogen and oxygen atoms in total. The summed E-state index contributed by atoms with van der Waals surface area (Å²) < 4.78 is 58.5. The topological polar surface area (TPSA) is 136 Å². The second-order valence-corrected chi connectivity index (χ2v) is 8.88. The Balaban J connectivity index is 3.08. The number of ether oxygens (including phenoxy) is 11. The second kappa shape index (κ2) is 35.8. The van der Waals surface area contributed by atoms with E-state index < -0.39 is 0 Å². The maximum absolute atomic E-state index is 11.5. The summed E-state index contributed by atoms with van der Waals surface area (Å²) in [6.07, 6.45) is 4.75. The van der Waals surface area contributed by atoms with Crippen LogP contribution in [-0.2, 0) is 61.7 Å². The Morgan fingerprint density at radius 3 is 0.952 bits per heavy atom. The molecule has 0 fully saturated rings. The van der Waals surface area contributed by atoms with Crippen molar-refractivity contribution in [1.82, 2.24) is 0 Å². The van der Waals surface area contributed by atoms with Crippen molar-refractivity contribution in [2.24, 2.45) is 0 Å². The average Bonchev–Trinajstić information content (AvgIpc) is 2.98. The monoisotopic (exact) mass is 612 g/mol. The number of carbonyl (C=O) groups excluding carboxylic acids is 2. The summed E-state index contributed by atoms with van der Waals surface area (Å²) in [5.41, 5.74) is 0. The zero-order valence-corrected chi connectivity index (χ0v) is 26.0. The van der Waals surface area contributed by atoms with E-state index in [0.717, 1.165) is 25.7 Å². The minimum Gasteiger partial charge on any atom is -0.463 e. The van der Waals surface area contributed by atoms with E-state index in [1.54, 1.807) is 0 Å². The largest absolute Gasteiger partial charge is 0.463 e. The summed E-state index contributed by atoms with van der Waals surface area (Å²) in [4.78, 5) is 22.1. The molecule has 42 heavy (non-hydrogen) atoms. The Morgan fingerprint density at radius 2 is 0.667 bits per heavy atom. The van der Waals surface area contributed by atoms with E-state index in [4.69, 9.17) is 52.1 Å². The minimum absolute atomic E-state index is 0.155. The highest BCUT2D eigenvalue weighted by atomic mass is 16.6. The van der Waals surface area contributed by atoms with Crippen molar-refractivity contribution < 1.29 is 61.7 Å². The molecule has 0 aromatic rings. The Kier molecular flexibility index (Phi) is 34.6. The highest BCUT2D eigenvalue weighted by Crippen LogP contribution is 2.03. The molecule has 0 saturated heterocycles. The Bertz CT molecular complexity index is 566. The third-order valence-electron chi connectivity index (χ3n) is 5.23. The summed E-state index contributed by atoms with van der Waals surface area (Å²) in [7, 11) is 0. The number of carbonyl (C=O) groups is 2. The van der Waals surface area contributed by atoms with E-state index in [-0.39, 0.29) is 25.2 Å². The molecule has 0 unspecified atom stereocenters. The average molecular weight is 613 g/mol. The van der Waals surface area contributed by atoms with E-state index in [0.29, 0.717) is 125 Å². The minimum atomic E-state index is -0.313. The molecule has 0 heterocycles. The first kappa shape index (κ1) is 40.6. The highest BCUT2D eigenvalue weighted by Gasteiger charge is 2.02. The first-order valence-electron chi connectivity index (χ1n) is 15.2. The number of unbranched alkanes of at least 4 members (excludes halogenated alkanes) is 3. The van der Waals surface area contributed by atoms with Crippen LogP contribution >= 0.6 is 0 Å². The van der Waals surface area contributed by atoms with Crippen molar-refractivity contribution in [3.63, 3.8) is 0 Å². The number of esters is 2. The van der Waals surface area contributed by atoms with Gasteiger partial charge in [0.2, 0.25) is 0 Å². The molecule has 250 valence electrons. The van der Waals surface area contributed by atoms with Crippen molar-refractivity contribution in [2.75, 3.05) is 132 Å². The lowest BCUT2D eigenvalue weighted by atomic mass is 10.2. The summed E-state index contributed by atoms with van der Waals surface area (Å²) in [5.74, 6) is -0.468. The first-order valence-corrected chi connectivity index (χ1v) is 15.2.